The Morgan fingerprint density at radius 3 is 2.48 bits per heavy atom. The van der Waals surface area contributed by atoms with E-state index in [0.29, 0.717) is 18.6 Å². The van der Waals surface area contributed by atoms with Crippen LogP contribution in [0.5, 0.6) is 0 Å². The van der Waals surface area contributed by atoms with Gasteiger partial charge in [0.25, 0.3) is 0 Å². The van der Waals surface area contributed by atoms with Crippen LogP contribution in [0.25, 0.3) is 0 Å². The molecule has 5 rings (SSSR count). The summed E-state index contributed by atoms with van der Waals surface area (Å²) < 4.78 is 7.47. The maximum absolute atomic E-state index is 12.1. The molecule has 0 radical (unpaired) electrons. The van der Waals surface area contributed by atoms with Crippen LogP contribution in [-0.2, 0) is 16.1 Å². The Hall–Kier alpha value is -1.38. The van der Waals surface area contributed by atoms with Gasteiger partial charge in [-0.1, -0.05) is 0 Å². The first kappa shape index (κ1) is 15.2. The van der Waals surface area contributed by atoms with Crippen molar-refractivity contribution in [1.29, 1.82) is 0 Å². The zero-order valence-electron chi connectivity index (χ0n) is 14.2. The molecule has 4 bridgehead atoms. The quantitative estimate of drug-likeness (QED) is 0.616. The lowest BCUT2D eigenvalue weighted by Gasteiger charge is -2.57. The van der Waals surface area contributed by atoms with Crippen LogP contribution >= 0.6 is 0 Å². The minimum atomic E-state index is -0.106. The van der Waals surface area contributed by atoms with Crippen LogP contribution in [-0.4, -0.2) is 12.6 Å². The van der Waals surface area contributed by atoms with Crippen LogP contribution < -0.4 is 4.57 Å². The minimum Gasteiger partial charge on any atom is -0.461 e. The lowest BCUT2D eigenvalue weighted by Crippen LogP contribution is -2.46. The first-order valence-corrected chi connectivity index (χ1v) is 9.22. The van der Waals surface area contributed by atoms with Crippen molar-refractivity contribution < 1.29 is 14.1 Å². The van der Waals surface area contributed by atoms with Crippen LogP contribution in [0.3, 0.4) is 0 Å². The van der Waals surface area contributed by atoms with Crippen LogP contribution in [0.2, 0.25) is 0 Å². The van der Waals surface area contributed by atoms with E-state index < -0.39 is 0 Å². The van der Waals surface area contributed by atoms with Gasteiger partial charge in [0.1, 0.15) is 0 Å². The van der Waals surface area contributed by atoms with Gasteiger partial charge in [0.2, 0.25) is 6.54 Å². The molecular weight excluding hydrogens is 286 g/mol. The third-order valence-corrected chi connectivity index (χ3v) is 6.38. The molecule has 0 aliphatic heterocycles. The Balaban J connectivity index is 1.28. The van der Waals surface area contributed by atoms with E-state index in [2.05, 4.69) is 0 Å². The van der Waals surface area contributed by atoms with E-state index in [1.807, 2.05) is 36.0 Å². The van der Waals surface area contributed by atoms with E-state index in [4.69, 9.17) is 4.74 Å². The lowest BCUT2D eigenvalue weighted by atomic mass is 9.49. The fourth-order valence-corrected chi connectivity index (χ4v) is 5.92. The molecule has 0 atom stereocenters. The van der Waals surface area contributed by atoms with E-state index in [0.717, 1.165) is 29.7 Å². The van der Waals surface area contributed by atoms with Crippen molar-refractivity contribution in [2.24, 2.45) is 23.2 Å². The summed E-state index contributed by atoms with van der Waals surface area (Å²) in [5.41, 5.74) is 1.67. The summed E-state index contributed by atoms with van der Waals surface area (Å²) in [7, 11) is 0. The highest BCUT2D eigenvalue weighted by molar-refractivity contribution is 5.67. The molecule has 0 unspecified atom stereocenters. The fourth-order valence-electron chi connectivity index (χ4n) is 5.92. The Labute approximate surface area is 139 Å². The number of pyridine rings is 1. The smallest absolute Gasteiger partial charge is 0.372 e. The van der Waals surface area contributed by atoms with Gasteiger partial charge in [-0.05, 0) is 81.1 Å². The molecule has 0 aromatic carbocycles. The largest absolute Gasteiger partial charge is 0.461 e. The summed E-state index contributed by atoms with van der Waals surface area (Å²) in [4.78, 5) is 12.1. The summed E-state index contributed by atoms with van der Waals surface area (Å²) in [5, 5.41) is 0. The highest BCUT2D eigenvalue weighted by atomic mass is 16.5. The Morgan fingerprint density at radius 2 is 1.87 bits per heavy atom. The van der Waals surface area contributed by atoms with Crippen LogP contribution in [0.1, 0.15) is 50.5 Å². The van der Waals surface area contributed by atoms with Crippen LogP contribution in [0.15, 0.2) is 24.5 Å². The second-order valence-electron chi connectivity index (χ2n) is 8.44. The molecule has 0 amide bonds. The number of esters is 1. The first-order valence-electron chi connectivity index (χ1n) is 9.22. The number of nitrogens with zero attached hydrogens (tertiary/aromatic N) is 1. The van der Waals surface area contributed by atoms with Gasteiger partial charge in [0, 0.05) is 11.6 Å². The molecular formula is C20H28NO2+. The van der Waals surface area contributed by atoms with Crippen molar-refractivity contribution in [1.82, 2.24) is 0 Å². The maximum Gasteiger partial charge on any atom is 0.372 e. The van der Waals surface area contributed by atoms with Crippen molar-refractivity contribution in [3.8, 4) is 0 Å². The number of hydrogen-bond donors (Lipinski definition) is 0. The summed E-state index contributed by atoms with van der Waals surface area (Å²) in [6.07, 6.45) is 13.6. The molecule has 1 aromatic heterocycles. The predicted molar refractivity (Wildman–Crippen MR) is 87.6 cm³/mol. The maximum atomic E-state index is 12.1. The van der Waals surface area contributed by atoms with Crippen molar-refractivity contribution in [2.75, 3.05) is 6.61 Å². The van der Waals surface area contributed by atoms with E-state index in [9.17, 15) is 4.79 Å². The molecule has 0 saturated heterocycles. The van der Waals surface area contributed by atoms with Gasteiger partial charge >= 0.3 is 5.97 Å². The molecule has 0 N–H and O–H groups in total. The number of carbonyl (C=O) groups excluding carboxylic acids is 1. The molecule has 3 nitrogen and oxygen atoms in total. The van der Waals surface area contributed by atoms with E-state index >= 15 is 0 Å². The number of ether oxygens (including phenoxy) is 1. The number of rotatable bonds is 5. The Kier molecular flexibility index (Phi) is 3.90. The topological polar surface area (TPSA) is 30.2 Å². The van der Waals surface area contributed by atoms with Gasteiger partial charge in [-0.2, -0.15) is 4.57 Å². The summed E-state index contributed by atoms with van der Waals surface area (Å²) in [5.74, 6) is 2.81. The number of aromatic nitrogens is 1. The molecule has 1 aromatic rings. The fraction of sp³-hybridized carbons (Fsp3) is 0.700. The third kappa shape index (κ3) is 3.29. The van der Waals surface area contributed by atoms with Gasteiger partial charge < -0.3 is 4.74 Å². The monoisotopic (exact) mass is 314 g/mol. The molecule has 1 heterocycles. The van der Waals surface area contributed by atoms with Crippen molar-refractivity contribution in [3.63, 3.8) is 0 Å². The second-order valence-corrected chi connectivity index (χ2v) is 8.44. The summed E-state index contributed by atoms with van der Waals surface area (Å²) in [6, 6.07) is 4.01. The van der Waals surface area contributed by atoms with Gasteiger partial charge in [-0.3, -0.25) is 0 Å². The standard InChI is InChI=1S/C20H28NO2/c1-15-3-2-5-21(13-15)14-19(22)23-6-4-20-10-16-7-17(11-20)9-18(8-16)12-20/h2-3,5,13,16-18H,4,6-12,14H2,1H3/q+1. The summed E-state index contributed by atoms with van der Waals surface area (Å²) >= 11 is 0. The van der Waals surface area contributed by atoms with Gasteiger partial charge in [0.05, 0.1) is 6.61 Å². The van der Waals surface area contributed by atoms with E-state index in [1.165, 1.54) is 38.5 Å². The zero-order valence-corrected chi connectivity index (χ0v) is 14.2. The molecule has 4 aliphatic rings. The van der Waals surface area contributed by atoms with Crippen molar-refractivity contribution >= 4 is 5.97 Å². The normalized spacial score (nSPS) is 34.6. The number of carbonyl (C=O) groups is 1. The molecule has 23 heavy (non-hydrogen) atoms. The van der Waals surface area contributed by atoms with Crippen LogP contribution in [0, 0.1) is 30.1 Å². The average Bonchev–Trinajstić information content (AvgIpc) is 2.45. The van der Waals surface area contributed by atoms with Gasteiger partial charge in [-0.25, -0.2) is 4.79 Å². The van der Waals surface area contributed by atoms with E-state index in [1.54, 1.807) is 0 Å². The highest BCUT2D eigenvalue weighted by Gasteiger charge is 2.50. The molecule has 4 fully saturated rings. The average molecular weight is 314 g/mol. The van der Waals surface area contributed by atoms with Crippen molar-refractivity contribution in [3.05, 3.63) is 30.1 Å². The SMILES string of the molecule is Cc1ccc[n+](CC(=O)OCCC23CC4CC(CC(C4)C2)C3)c1. The number of aryl methyl sites for hydroxylation is 1. The Morgan fingerprint density at radius 1 is 1.22 bits per heavy atom. The van der Waals surface area contributed by atoms with Crippen molar-refractivity contribution in [2.45, 2.75) is 58.4 Å². The second kappa shape index (κ2) is 5.92. The van der Waals surface area contributed by atoms with Crippen LogP contribution in [0.4, 0.5) is 0 Å². The lowest BCUT2D eigenvalue weighted by molar-refractivity contribution is -0.686. The zero-order chi connectivity index (χ0) is 15.9. The van der Waals surface area contributed by atoms with E-state index in [-0.39, 0.29) is 5.97 Å². The molecule has 4 saturated carbocycles. The molecule has 124 valence electrons. The number of hydrogen-bond acceptors (Lipinski definition) is 2. The predicted octanol–water partition coefficient (Wildman–Crippen LogP) is 3.43. The third-order valence-electron chi connectivity index (χ3n) is 6.38. The van der Waals surface area contributed by atoms with Gasteiger partial charge in [-0.15, -0.1) is 0 Å². The first-order chi connectivity index (χ1) is 11.1. The van der Waals surface area contributed by atoms with Gasteiger partial charge in [0.15, 0.2) is 12.4 Å². The minimum absolute atomic E-state index is 0.106. The summed E-state index contributed by atoms with van der Waals surface area (Å²) in [6.45, 7) is 2.97. The molecule has 4 aliphatic carbocycles. The molecule has 3 heteroatoms. The molecule has 0 spiro atoms. The highest BCUT2D eigenvalue weighted by Crippen LogP contribution is 2.61. The Bertz CT molecular complexity index is 560.